The first-order chi connectivity index (χ1) is 9.44. The largest absolute Gasteiger partial charge is 0.399 e. The zero-order valence-electron chi connectivity index (χ0n) is 11.3. The second-order valence-electron chi connectivity index (χ2n) is 5.55. The van der Waals surface area contributed by atoms with Crippen molar-refractivity contribution in [2.45, 2.75) is 38.0 Å². The van der Waals surface area contributed by atoms with Gasteiger partial charge in [-0.3, -0.25) is 0 Å². The maximum absolute atomic E-state index is 6.33. The van der Waals surface area contributed by atoms with Crippen LogP contribution < -0.4 is 5.73 Å². The molecule has 3 rings (SSSR count). The summed E-state index contributed by atoms with van der Waals surface area (Å²) in [6, 6.07) is 3.43. The van der Waals surface area contributed by atoms with Crippen LogP contribution in [0, 0.1) is 0 Å². The molecule has 1 heterocycles. The number of nitrogens with two attached hydrogens (primary N) is 1. The van der Waals surface area contributed by atoms with Gasteiger partial charge in [0.05, 0.1) is 5.41 Å². The number of halogens is 2. The molecule has 0 radical (unpaired) electrons. The van der Waals surface area contributed by atoms with E-state index in [0.717, 1.165) is 18.4 Å². The highest BCUT2D eigenvalue weighted by molar-refractivity contribution is 6.36. The molecule has 0 amide bonds. The highest BCUT2D eigenvalue weighted by Crippen LogP contribution is 2.56. The second kappa shape index (κ2) is 4.64. The number of benzene rings is 1. The molecule has 1 saturated carbocycles. The zero-order chi connectivity index (χ0) is 14.5. The van der Waals surface area contributed by atoms with Crippen molar-refractivity contribution < 1.29 is 4.52 Å². The molecule has 106 valence electrons. The number of nitrogens with zero attached hydrogens (tertiary/aromatic N) is 2. The van der Waals surface area contributed by atoms with Crippen molar-refractivity contribution in [3.05, 3.63) is 39.5 Å². The SMILES string of the molecule is CC(C)c1nc(C2(c3c(Cl)cc(N)cc3Cl)CC2)no1. The Morgan fingerprint density at radius 3 is 2.30 bits per heavy atom. The maximum atomic E-state index is 6.33. The summed E-state index contributed by atoms with van der Waals surface area (Å²) in [4.78, 5) is 4.50. The van der Waals surface area contributed by atoms with E-state index in [0.29, 0.717) is 27.4 Å². The smallest absolute Gasteiger partial charge is 0.229 e. The summed E-state index contributed by atoms with van der Waals surface area (Å²) in [6.07, 6.45) is 1.82. The van der Waals surface area contributed by atoms with Crippen LogP contribution in [0.1, 0.15) is 49.9 Å². The van der Waals surface area contributed by atoms with Gasteiger partial charge in [-0.05, 0) is 25.0 Å². The molecule has 4 nitrogen and oxygen atoms in total. The van der Waals surface area contributed by atoms with Crippen molar-refractivity contribution in [1.82, 2.24) is 10.1 Å². The number of rotatable bonds is 3. The molecule has 1 aliphatic rings. The van der Waals surface area contributed by atoms with E-state index in [2.05, 4.69) is 10.1 Å². The van der Waals surface area contributed by atoms with Gasteiger partial charge in [0, 0.05) is 27.2 Å². The fourth-order valence-electron chi connectivity index (χ4n) is 2.42. The average Bonchev–Trinajstić information content (AvgIpc) is 2.97. The fourth-order valence-corrected chi connectivity index (χ4v) is 3.29. The lowest BCUT2D eigenvalue weighted by Crippen LogP contribution is -2.13. The average molecular weight is 312 g/mol. The monoisotopic (exact) mass is 311 g/mol. The number of aromatic nitrogens is 2. The first-order valence-corrected chi connectivity index (χ1v) is 7.29. The minimum Gasteiger partial charge on any atom is -0.399 e. The van der Waals surface area contributed by atoms with E-state index in [-0.39, 0.29) is 11.3 Å². The first-order valence-electron chi connectivity index (χ1n) is 6.53. The highest BCUT2D eigenvalue weighted by atomic mass is 35.5. The maximum Gasteiger partial charge on any atom is 0.229 e. The third kappa shape index (κ3) is 2.07. The Kier molecular flexibility index (Phi) is 3.18. The molecule has 0 spiro atoms. The lowest BCUT2D eigenvalue weighted by molar-refractivity contribution is 0.358. The van der Waals surface area contributed by atoms with E-state index in [4.69, 9.17) is 33.5 Å². The summed E-state index contributed by atoms with van der Waals surface area (Å²) >= 11 is 12.7. The van der Waals surface area contributed by atoms with Crippen LogP contribution in [0.15, 0.2) is 16.7 Å². The van der Waals surface area contributed by atoms with Crippen molar-refractivity contribution >= 4 is 28.9 Å². The van der Waals surface area contributed by atoms with Crippen LogP contribution >= 0.6 is 23.2 Å². The second-order valence-corrected chi connectivity index (χ2v) is 6.37. The molecule has 0 aliphatic heterocycles. The van der Waals surface area contributed by atoms with E-state index in [1.54, 1.807) is 12.1 Å². The zero-order valence-corrected chi connectivity index (χ0v) is 12.8. The van der Waals surface area contributed by atoms with Crippen molar-refractivity contribution in [3.8, 4) is 0 Å². The Hall–Kier alpha value is -1.26. The van der Waals surface area contributed by atoms with Gasteiger partial charge in [-0.1, -0.05) is 42.2 Å². The minimum absolute atomic E-state index is 0.199. The number of hydrogen-bond donors (Lipinski definition) is 1. The molecular formula is C14H15Cl2N3O. The molecule has 1 aliphatic carbocycles. The van der Waals surface area contributed by atoms with Crippen LogP contribution in [-0.2, 0) is 5.41 Å². The highest BCUT2D eigenvalue weighted by Gasteiger charge is 2.52. The molecule has 6 heteroatoms. The molecule has 0 unspecified atom stereocenters. The summed E-state index contributed by atoms with van der Waals surface area (Å²) in [5.74, 6) is 1.49. The van der Waals surface area contributed by atoms with Crippen molar-refractivity contribution in [2.75, 3.05) is 5.73 Å². The minimum atomic E-state index is -0.321. The molecule has 2 N–H and O–H groups in total. The standard InChI is InChI=1S/C14H15Cl2N3O/c1-7(2)12-18-13(19-20-12)14(3-4-14)11-9(15)5-8(17)6-10(11)16/h5-7H,3-4,17H2,1-2H3. The van der Waals surface area contributed by atoms with Crippen LogP contribution in [0.25, 0.3) is 0 Å². The van der Waals surface area contributed by atoms with E-state index >= 15 is 0 Å². The topological polar surface area (TPSA) is 64.9 Å². The molecule has 1 aromatic carbocycles. The molecule has 2 aromatic rings. The molecular weight excluding hydrogens is 297 g/mol. The fraction of sp³-hybridized carbons (Fsp3) is 0.429. The Morgan fingerprint density at radius 1 is 1.25 bits per heavy atom. The van der Waals surface area contributed by atoms with Crippen LogP contribution in [0.3, 0.4) is 0 Å². The van der Waals surface area contributed by atoms with Crippen molar-refractivity contribution in [2.24, 2.45) is 0 Å². The van der Waals surface area contributed by atoms with Crippen LogP contribution in [0.4, 0.5) is 5.69 Å². The molecule has 0 atom stereocenters. The van der Waals surface area contributed by atoms with Gasteiger partial charge in [0.25, 0.3) is 0 Å². The summed E-state index contributed by atoms with van der Waals surface area (Å²) < 4.78 is 5.31. The van der Waals surface area contributed by atoms with E-state index in [1.165, 1.54) is 0 Å². The summed E-state index contributed by atoms with van der Waals surface area (Å²) in [5, 5.41) is 5.24. The Bertz CT molecular complexity index is 639. The lowest BCUT2D eigenvalue weighted by Gasteiger charge is -2.15. The summed E-state index contributed by atoms with van der Waals surface area (Å²) in [5.41, 5.74) is 6.84. The normalized spacial score (nSPS) is 16.6. The third-order valence-electron chi connectivity index (χ3n) is 3.66. The van der Waals surface area contributed by atoms with Crippen LogP contribution in [-0.4, -0.2) is 10.1 Å². The van der Waals surface area contributed by atoms with Gasteiger partial charge in [0.1, 0.15) is 0 Å². The van der Waals surface area contributed by atoms with Crippen molar-refractivity contribution in [1.29, 1.82) is 0 Å². The number of anilines is 1. The Balaban J connectivity index is 2.09. The van der Waals surface area contributed by atoms with E-state index < -0.39 is 0 Å². The molecule has 20 heavy (non-hydrogen) atoms. The molecule has 1 fully saturated rings. The quantitative estimate of drug-likeness (QED) is 0.864. The lowest BCUT2D eigenvalue weighted by atomic mass is 9.94. The Morgan fingerprint density at radius 2 is 1.85 bits per heavy atom. The predicted octanol–water partition coefficient (Wildman–Crippen LogP) is 4.16. The van der Waals surface area contributed by atoms with Gasteiger partial charge in [-0.15, -0.1) is 0 Å². The van der Waals surface area contributed by atoms with E-state index in [1.807, 2.05) is 13.8 Å². The summed E-state index contributed by atoms with van der Waals surface area (Å²) in [6.45, 7) is 4.03. The van der Waals surface area contributed by atoms with Gasteiger partial charge < -0.3 is 10.3 Å². The van der Waals surface area contributed by atoms with Gasteiger partial charge in [0.2, 0.25) is 5.89 Å². The predicted molar refractivity (Wildman–Crippen MR) is 79.3 cm³/mol. The first kappa shape index (κ1) is 13.7. The van der Waals surface area contributed by atoms with Crippen LogP contribution in [0.5, 0.6) is 0 Å². The van der Waals surface area contributed by atoms with Gasteiger partial charge >= 0.3 is 0 Å². The van der Waals surface area contributed by atoms with Gasteiger partial charge in [-0.2, -0.15) is 4.98 Å². The van der Waals surface area contributed by atoms with Gasteiger partial charge in [-0.25, -0.2) is 0 Å². The van der Waals surface area contributed by atoms with Crippen LogP contribution in [0.2, 0.25) is 10.0 Å². The summed E-state index contributed by atoms with van der Waals surface area (Å²) in [7, 11) is 0. The van der Waals surface area contributed by atoms with Crippen molar-refractivity contribution in [3.63, 3.8) is 0 Å². The number of hydrogen-bond acceptors (Lipinski definition) is 4. The Labute approximate surface area is 127 Å². The van der Waals surface area contributed by atoms with Gasteiger partial charge in [0.15, 0.2) is 5.82 Å². The number of nitrogen functional groups attached to an aromatic ring is 1. The third-order valence-corrected chi connectivity index (χ3v) is 4.25. The molecule has 0 bridgehead atoms. The molecule has 0 saturated heterocycles. The molecule has 1 aromatic heterocycles. The van der Waals surface area contributed by atoms with E-state index in [9.17, 15) is 0 Å².